The van der Waals surface area contributed by atoms with Gasteiger partial charge >= 0.3 is 0 Å². The first-order valence-corrected chi connectivity index (χ1v) is 13.8. The number of nitrogens with zero attached hydrogens (tertiary/aromatic N) is 1. The summed E-state index contributed by atoms with van der Waals surface area (Å²) in [5, 5.41) is 1.05. The minimum absolute atomic E-state index is 0.338. The van der Waals surface area contributed by atoms with Gasteiger partial charge in [0.05, 0.1) is 5.75 Å². The highest BCUT2D eigenvalue weighted by Crippen LogP contribution is 2.13. The molecule has 0 spiro atoms. The Morgan fingerprint density at radius 1 is 0.615 bits per heavy atom. The lowest BCUT2D eigenvalue weighted by Crippen LogP contribution is -2.35. The second-order valence-electron chi connectivity index (χ2n) is 7.50. The molecule has 0 aliphatic heterocycles. The summed E-state index contributed by atoms with van der Waals surface area (Å²) >= 11 is 3.45. The topological polar surface area (TPSA) is 37.4 Å². The lowest BCUT2D eigenvalue weighted by Gasteiger charge is -2.22. The van der Waals surface area contributed by atoms with Crippen molar-refractivity contribution in [3.63, 3.8) is 0 Å². The predicted molar refractivity (Wildman–Crippen MR) is 120 cm³/mol. The molecule has 0 aliphatic carbocycles. The van der Waals surface area contributed by atoms with Crippen molar-refractivity contribution in [3.05, 3.63) is 0 Å². The van der Waals surface area contributed by atoms with Crippen LogP contribution in [0.1, 0.15) is 110 Å². The number of sulfonamides is 1. The van der Waals surface area contributed by atoms with Gasteiger partial charge in [-0.05, 0) is 25.7 Å². The molecular weight excluding hydrogens is 410 g/mol. The number of unbranched alkanes of at least 4 members (excludes halogenated alkanes) is 12. The van der Waals surface area contributed by atoms with Gasteiger partial charge in [-0.1, -0.05) is 100 Å². The standard InChI is InChI=1S/C21H44BrNO2S/c1-3-5-7-9-12-16-20-23(19-15-8-6-4-2)26(24,25)21-17-13-10-11-14-18-22/h3-21H2,1-2H3. The SMILES string of the molecule is CCCCCCCCN(CCCCCC)S(=O)(=O)CCCCCCCBr. The van der Waals surface area contributed by atoms with E-state index in [2.05, 4.69) is 29.8 Å². The number of hydrogen-bond acceptors (Lipinski definition) is 2. The Bertz CT molecular complexity index is 387. The second-order valence-corrected chi connectivity index (χ2v) is 10.4. The Morgan fingerprint density at radius 2 is 1.04 bits per heavy atom. The summed E-state index contributed by atoms with van der Waals surface area (Å²) in [5.41, 5.74) is 0. The highest BCUT2D eigenvalue weighted by atomic mass is 79.9. The van der Waals surface area contributed by atoms with Crippen molar-refractivity contribution < 1.29 is 8.42 Å². The lowest BCUT2D eigenvalue weighted by molar-refractivity contribution is 0.383. The molecule has 0 unspecified atom stereocenters. The Kier molecular flexibility index (Phi) is 19.0. The maximum absolute atomic E-state index is 12.8. The van der Waals surface area contributed by atoms with E-state index in [0.29, 0.717) is 5.75 Å². The van der Waals surface area contributed by atoms with Crippen molar-refractivity contribution in [1.82, 2.24) is 4.31 Å². The van der Waals surface area contributed by atoms with Crippen LogP contribution in [-0.4, -0.2) is 36.9 Å². The molecule has 0 aliphatic rings. The molecule has 0 atom stereocenters. The minimum atomic E-state index is -3.08. The lowest BCUT2D eigenvalue weighted by atomic mass is 10.1. The van der Waals surface area contributed by atoms with Crippen LogP contribution in [0.25, 0.3) is 0 Å². The molecule has 0 aromatic heterocycles. The molecule has 0 saturated heterocycles. The van der Waals surface area contributed by atoms with Gasteiger partial charge in [-0.2, -0.15) is 0 Å². The minimum Gasteiger partial charge on any atom is -0.212 e. The normalized spacial score (nSPS) is 12.2. The van der Waals surface area contributed by atoms with Crippen LogP contribution in [0.2, 0.25) is 0 Å². The zero-order chi connectivity index (χ0) is 19.5. The highest BCUT2D eigenvalue weighted by molar-refractivity contribution is 9.09. The van der Waals surface area contributed by atoms with E-state index in [4.69, 9.17) is 0 Å². The molecular formula is C21H44BrNO2S. The molecule has 0 aromatic carbocycles. The summed E-state index contributed by atoms with van der Waals surface area (Å²) in [6.45, 7) is 5.87. The van der Waals surface area contributed by atoms with Crippen LogP contribution in [0, 0.1) is 0 Å². The summed E-state index contributed by atoms with van der Waals surface area (Å²) in [6, 6.07) is 0. The average molecular weight is 455 g/mol. The first-order chi connectivity index (χ1) is 12.6. The average Bonchev–Trinajstić information content (AvgIpc) is 2.62. The fourth-order valence-electron chi connectivity index (χ4n) is 3.21. The predicted octanol–water partition coefficient (Wildman–Crippen LogP) is 6.90. The number of hydrogen-bond donors (Lipinski definition) is 0. The van der Waals surface area contributed by atoms with Crippen molar-refractivity contribution in [2.24, 2.45) is 0 Å². The third-order valence-electron chi connectivity index (χ3n) is 4.95. The number of alkyl halides is 1. The molecule has 0 aromatic rings. The van der Waals surface area contributed by atoms with Crippen molar-refractivity contribution in [2.75, 3.05) is 24.2 Å². The molecule has 0 N–H and O–H groups in total. The van der Waals surface area contributed by atoms with Gasteiger partial charge in [-0.15, -0.1) is 0 Å². The van der Waals surface area contributed by atoms with Gasteiger partial charge in [0, 0.05) is 18.4 Å². The zero-order valence-electron chi connectivity index (χ0n) is 17.5. The first-order valence-electron chi connectivity index (χ1n) is 11.1. The Hall–Kier alpha value is 0.390. The van der Waals surface area contributed by atoms with Crippen LogP contribution >= 0.6 is 15.9 Å². The monoisotopic (exact) mass is 453 g/mol. The van der Waals surface area contributed by atoms with Gasteiger partial charge in [-0.3, -0.25) is 0 Å². The maximum atomic E-state index is 12.8. The van der Waals surface area contributed by atoms with E-state index in [1.54, 1.807) is 4.31 Å². The highest BCUT2D eigenvalue weighted by Gasteiger charge is 2.20. The molecule has 26 heavy (non-hydrogen) atoms. The summed E-state index contributed by atoms with van der Waals surface area (Å²) in [7, 11) is -3.08. The van der Waals surface area contributed by atoms with Crippen LogP contribution in [0.5, 0.6) is 0 Å². The summed E-state index contributed by atoms with van der Waals surface area (Å²) in [4.78, 5) is 0. The van der Waals surface area contributed by atoms with Crippen molar-refractivity contribution >= 4 is 26.0 Å². The quantitative estimate of drug-likeness (QED) is 0.148. The molecule has 0 saturated carbocycles. The van der Waals surface area contributed by atoms with E-state index in [1.807, 2.05) is 0 Å². The molecule has 0 heterocycles. The molecule has 0 radical (unpaired) electrons. The smallest absolute Gasteiger partial charge is 0.212 e. The molecule has 0 bridgehead atoms. The van der Waals surface area contributed by atoms with E-state index in [-0.39, 0.29) is 0 Å². The Balaban J connectivity index is 4.25. The summed E-state index contributed by atoms with van der Waals surface area (Å²) < 4.78 is 27.3. The van der Waals surface area contributed by atoms with E-state index >= 15 is 0 Å². The molecule has 0 rings (SSSR count). The van der Waals surface area contributed by atoms with E-state index in [1.165, 1.54) is 51.4 Å². The summed E-state index contributed by atoms with van der Waals surface area (Å²) in [6.07, 6.45) is 17.2. The van der Waals surface area contributed by atoms with Crippen molar-refractivity contribution in [1.29, 1.82) is 0 Å². The van der Waals surface area contributed by atoms with Crippen LogP contribution in [0.3, 0.4) is 0 Å². The molecule has 3 nitrogen and oxygen atoms in total. The van der Waals surface area contributed by atoms with Crippen LogP contribution in [-0.2, 0) is 10.0 Å². The largest absolute Gasteiger partial charge is 0.214 e. The third-order valence-corrected chi connectivity index (χ3v) is 7.47. The Morgan fingerprint density at radius 3 is 1.58 bits per heavy atom. The van der Waals surface area contributed by atoms with Gasteiger partial charge in [-0.25, -0.2) is 12.7 Å². The van der Waals surface area contributed by atoms with Gasteiger partial charge < -0.3 is 0 Å². The second kappa shape index (κ2) is 18.7. The van der Waals surface area contributed by atoms with Crippen molar-refractivity contribution in [2.45, 2.75) is 110 Å². The molecule has 5 heteroatoms. The molecule has 0 fully saturated rings. The van der Waals surface area contributed by atoms with Gasteiger partial charge in [0.25, 0.3) is 0 Å². The Labute approximate surface area is 172 Å². The van der Waals surface area contributed by atoms with E-state index in [9.17, 15) is 8.42 Å². The number of halogens is 1. The van der Waals surface area contributed by atoms with E-state index < -0.39 is 10.0 Å². The van der Waals surface area contributed by atoms with E-state index in [0.717, 1.165) is 63.4 Å². The molecule has 0 amide bonds. The number of rotatable bonds is 20. The zero-order valence-corrected chi connectivity index (χ0v) is 19.9. The summed E-state index contributed by atoms with van der Waals surface area (Å²) in [5.74, 6) is 0.338. The van der Waals surface area contributed by atoms with Gasteiger partial charge in [0.2, 0.25) is 10.0 Å². The fraction of sp³-hybridized carbons (Fsp3) is 1.00. The van der Waals surface area contributed by atoms with Crippen LogP contribution in [0.4, 0.5) is 0 Å². The fourth-order valence-corrected chi connectivity index (χ4v) is 5.25. The third kappa shape index (κ3) is 15.4. The first kappa shape index (κ1) is 26.4. The van der Waals surface area contributed by atoms with Crippen LogP contribution in [0.15, 0.2) is 0 Å². The van der Waals surface area contributed by atoms with Crippen molar-refractivity contribution in [3.8, 4) is 0 Å². The van der Waals surface area contributed by atoms with Gasteiger partial charge in [0.1, 0.15) is 0 Å². The molecule has 158 valence electrons. The van der Waals surface area contributed by atoms with Gasteiger partial charge in [0.15, 0.2) is 0 Å². The maximum Gasteiger partial charge on any atom is 0.214 e. The van der Waals surface area contributed by atoms with Crippen LogP contribution < -0.4 is 0 Å².